The zero-order valence-electron chi connectivity index (χ0n) is 13.0. The second-order valence-corrected chi connectivity index (χ2v) is 7.61. The molecule has 118 valence electrons. The van der Waals surface area contributed by atoms with Crippen LogP contribution in [0.3, 0.4) is 0 Å². The van der Waals surface area contributed by atoms with E-state index >= 15 is 0 Å². The van der Waals surface area contributed by atoms with Gasteiger partial charge >= 0.3 is 0 Å². The van der Waals surface area contributed by atoms with Gasteiger partial charge in [-0.25, -0.2) is 8.42 Å². The van der Waals surface area contributed by atoms with Crippen LogP contribution in [0.15, 0.2) is 30.3 Å². The Morgan fingerprint density at radius 1 is 1.24 bits per heavy atom. The SMILES string of the molecule is CC(C)CCNC(=O)C(c1ccccc1)N(C)S(C)(=O)=O. The molecule has 1 unspecified atom stereocenters. The van der Waals surface area contributed by atoms with Crippen LogP contribution in [-0.2, 0) is 14.8 Å². The number of amides is 1. The summed E-state index contributed by atoms with van der Waals surface area (Å²) in [5.74, 6) is 0.183. The average Bonchev–Trinajstić information content (AvgIpc) is 2.38. The molecular formula is C15H24N2O3S. The van der Waals surface area contributed by atoms with Gasteiger partial charge < -0.3 is 5.32 Å². The van der Waals surface area contributed by atoms with Crippen molar-refractivity contribution < 1.29 is 13.2 Å². The molecule has 0 spiro atoms. The number of hydrogen-bond acceptors (Lipinski definition) is 3. The number of likely N-dealkylation sites (N-methyl/N-ethyl adjacent to an activating group) is 1. The number of nitrogens with one attached hydrogen (secondary N) is 1. The summed E-state index contributed by atoms with van der Waals surface area (Å²) in [5, 5.41) is 2.82. The van der Waals surface area contributed by atoms with Crippen LogP contribution in [0.5, 0.6) is 0 Å². The first kappa shape index (κ1) is 17.7. The van der Waals surface area contributed by atoms with Crippen molar-refractivity contribution in [3.63, 3.8) is 0 Å². The van der Waals surface area contributed by atoms with Gasteiger partial charge in [0.15, 0.2) is 0 Å². The highest BCUT2D eigenvalue weighted by molar-refractivity contribution is 7.88. The Labute approximate surface area is 127 Å². The van der Waals surface area contributed by atoms with Crippen molar-refractivity contribution in [2.75, 3.05) is 19.8 Å². The van der Waals surface area contributed by atoms with E-state index < -0.39 is 16.1 Å². The molecule has 0 heterocycles. The minimum Gasteiger partial charge on any atom is -0.354 e. The molecule has 6 heteroatoms. The lowest BCUT2D eigenvalue weighted by Gasteiger charge is -2.25. The van der Waals surface area contributed by atoms with Crippen LogP contribution in [0.2, 0.25) is 0 Å². The monoisotopic (exact) mass is 312 g/mol. The summed E-state index contributed by atoms with van der Waals surface area (Å²) in [7, 11) is -2.04. The van der Waals surface area contributed by atoms with Gasteiger partial charge in [0.2, 0.25) is 15.9 Å². The zero-order valence-corrected chi connectivity index (χ0v) is 13.9. The minimum atomic E-state index is -3.46. The van der Waals surface area contributed by atoms with Crippen molar-refractivity contribution in [1.29, 1.82) is 0 Å². The molecule has 0 aliphatic rings. The smallest absolute Gasteiger partial charge is 0.242 e. The first-order valence-corrected chi connectivity index (χ1v) is 8.84. The first-order valence-electron chi connectivity index (χ1n) is 6.99. The molecule has 1 amide bonds. The molecule has 0 fully saturated rings. The number of carbonyl (C=O) groups excluding carboxylic acids is 1. The topological polar surface area (TPSA) is 66.5 Å². The van der Waals surface area contributed by atoms with Gasteiger partial charge in [-0.05, 0) is 17.9 Å². The second-order valence-electron chi connectivity index (χ2n) is 5.57. The number of nitrogens with zero attached hydrogens (tertiary/aromatic N) is 1. The number of sulfonamides is 1. The maximum atomic E-state index is 12.4. The van der Waals surface area contributed by atoms with Crippen LogP contribution in [0.1, 0.15) is 31.9 Å². The molecule has 0 aliphatic heterocycles. The van der Waals surface area contributed by atoms with E-state index in [4.69, 9.17) is 0 Å². The van der Waals surface area contributed by atoms with Crippen molar-refractivity contribution >= 4 is 15.9 Å². The van der Waals surface area contributed by atoms with E-state index in [2.05, 4.69) is 19.2 Å². The Morgan fingerprint density at radius 2 is 1.81 bits per heavy atom. The third kappa shape index (κ3) is 5.47. The molecule has 1 N–H and O–H groups in total. The average molecular weight is 312 g/mol. The van der Waals surface area contributed by atoms with Gasteiger partial charge in [-0.2, -0.15) is 4.31 Å². The highest BCUT2D eigenvalue weighted by atomic mass is 32.2. The van der Waals surface area contributed by atoms with Gasteiger partial charge in [0.05, 0.1) is 6.26 Å². The number of benzene rings is 1. The van der Waals surface area contributed by atoms with E-state index in [1.807, 2.05) is 6.07 Å². The lowest BCUT2D eigenvalue weighted by atomic mass is 10.1. The third-order valence-electron chi connectivity index (χ3n) is 3.27. The molecule has 0 aromatic heterocycles. The van der Waals surface area contributed by atoms with E-state index in [9.17, 15) is 13.2 Å². The van der Waals surface area contributed by atoms with Crippen LogP contribution >= 0.6 is 0 Å². The van der Waals surface area contributed by atoms with E-state index in [0.29, 0.717) is 18.0 Å². The zero-order chi connectivity index (χ0) is 16.0. The molecule has 5 nitrogen and oxygen atoms in total. The third-order valence-corrected chi connectivity index (χ3v) is 4.53. The van der Waals surface area contributed by atoms with E-state index in [1.165, 1.54) is 7.05 Å². The van der Waals surface area contributed by atoms with Gasteiger partial charge in [-0.1, -0.05) is 44.2 Å². The molecule has 0 bridgehead atoms. The van der Waals surface area contributed by atoms with Crippen molar-refractivity contribution in [2.24, 2.45) is 5.92 Å². The van der Waals surface area contributed by atoms with E-state index in [0.717, 1.165) is 17.0 Å². The maximum absolute atomic E-state index is 12.4. The van der Waals surface area contributed by atoms with Gasteiger partial charge in [0.1, 0.15) is 6.04 Å². The fourth-order valence-corrected chi connectivity index (χ4v) is 2.53. The van der Waals surface area contributed by atoms with Crippen molar-refractivity contribution in [1.82, 2.24) is 9.62 Å². The van der Waals surface area contributed by atoms with Crippen molar-refractivity contribution in [3.05, 3.63) is 35.9 Å². The summed E-state index contributed by atoms with van der Waals surface area (Å²) in [5.41, 5.74) is 0.660. The van der Waals surface area contributed by atoms with E-state index in [1.54, 1.807) is 24.3 Å². The molecule has 21 heavy (non-hydrogen) atoms. The maximum Gasteiger partial charge on any atom is 0.242 e. The van der Waals surface area contributed by atoms with Crippen LogP contribution in [-0.4, -0.2) is 38.5 Å². The molecule has 1 aromatic rings. The molecule has 1 atom stereocenters. The molecular weight excluding hydrogens is 288 g/mol. The number of carbonyl (C=O) groups is 1. The fourth-order valence-electron chi connectivity index (χ4n) is 1.93. The highest BCUT2D eigenvalue weighted by Gasteiger charge is 2.30. The Balaban J connectivity index is 2.95. The molecule has 0 radical (unpaired) electrons. The largest absolute Gasteiger partial charge is 0.354 e. The molecule has 0 saturated carbocycles. The Kier molecular flexibility index (Phi) is 6.36. The molecule has 0 saturated heterocycles. The van der Waals surface area contributed by atoms with Gasteiger partial charge in [-0.3, -0.25) is 4.79 Å². The summed E-state index contributed by atoms with van der Waals surface area (Å²) in [4.78, 5) is 12.4. The predicted molar refractivity (Wildman–Crippen MR) is 84.3 cm³/mol. The quantitative estimate of drug-likeness (QED) is 0.834. The fraction of sp³-hybridized carbons (Fsp3) is 0.533. The molecule has 1 aromatic carbocycles. The normalized spacial score (nSPS) is 13.4. The lowest BCUT2D eigenvalue weighted by Crippen LogP contribution is -2.41. The van der Waals surface area contributed by atoms with Crippen LogP contribution in [0, 0.1) is 5.92 Å². The van der Waals surface area contributed by atoms with Gasteiger partial charge in [0, 0.05) is 13.6 Å². The standard InChI is InChI=1S/C15H24N2O3S/c1-12(2)10-11-16-15(18)14(17(3)21(4,19)20)13-8-6-5-7-9-13/h5-9,12,14H,10-11H2,1-4H3,(H,16,18). The van der Waals surface area contributed by atoms with Crippen molar-refractivity contribution in [3.8, 4) is 0 Å². The first-order chi connectivity index (χ1) is 9.73. The number of rotatable bonds is 7. The molecule has 1 rings (SSSR count). The summed E-state index contributed by atoms with van der Waals surface area (Å²) in [6.07, 6.45) is 1.96. The summed E-state index contributed by atoms with van der Waals surface area (Å²) < 4.78 is 24.7. The van der Waals surface area contributed by atoms with Gasteiger partial charge in [0.25, 0.3) is 0 Å². The van der Waals surface area contributed by atoms with Gasteiger partial charge in [-0.15, -0.1) is 0 Å². The highest BCUT2D eigenvalue weighted by Crippen LogP contribution is 2.21. The Bertz CT molecular complexity index is 556. The Morgan fingerprint density at radius 3 is 2.29 bits per heavy atom. The lowest BCUT2D eigenvalue weighted by molar-refractivity contribution is -0.124. The minimum absolute atomic E-state index is 0.297. The number of hydrogen-bond donors (Lipinski definition) is 1. The van der Waals surface area contributed by atoms with Crippen LogP contribution < -0.4 is 5.32 Å². The van der Waals surface area contributed by atoms with Crippen molar-refractivity contribution in [2.45, 2.75) is 26.3 Å². The summed E-state index contributed by atoms with van der Waals surface area (Å²) in [6, 6.07) is 8.09. The second kappa shape index (κ2) is 7.56. The Hall–Kier alpha value is -1.40. The van der Waals surface area contributed by atoms with E-state index in [-0.39, 0.29) is 5.91 Å². The van der Waals surface area contributed by atoms with Crippen LogP contribution in [0.25, 0.3) is 0 Å². The predicted octanol–water partition coefficient (Wildman–Crippen LogP) is 1.78. The summed E-state index contributed by atoms with van der Waals surface area (Å²) in [6.45, 7) is 4.68. The van der Waals surface area contributed by atoms with Crippen LogP contribution in [0.4, 0.5) is 0 Å². The summed E-state index contributed by atoms with van der Waals surface area (Å²) >= 11 is 0. The molecule has 0 aliphatic carbocycles.